The first-order valence-corrected chi connectivity index (χ1v) is 8.20. The zero-order valence-electron chi connectivity index (χ0n) is 12.9. The number of hydrogen-bond donors (Lipinski definition) is 1. The molecule has 1 N–H and O–H groups in total. The summed E-state index contributed by atoms with van der Waals surface area (Å²) in [7, 11) is 1.99. The van der Waals surface area contributed by atoms with Gasteiger partial charge in [-0.25, -0.2) is 4.98 Å². The average molecular weight is 290 g/mol. The lowest BCUT2D eigenvalue weighted by atomic mass is 9.93. The topological polar surface area (TPSA) is 50.2 Å². The molecule has 5 nitrogen and oxygen atoms in total. The van der Waals surface area contributed by atoms with Gasteiger partial charge in [-0.2, -0.15) is 0 Å². The molecule has 0 bridgehead atoms. The largest absolute Gasteiger partial charge is 0.337 e. The monoisotopic (exact) mass is 290 g/mol. The van der Waals surface area contributed by atoms with Crippen molar-refractivity contribution in [3.05, 3.63) is 18.2 Å². The summed E-state index contributed by atoms with van der Waals surface area (Å²) in [5.74, 6) is 2.03. The highest BCUT2D eigenvalue weighted by Gasteiger charge is 2.33. The third-order valence-corrected chi connectivity index (χ3v) is 4.77. The van der Waals surface area contributed by atoms with Crippen LogP contribution in [-0.4, -0.2) is 39.5 Å². The summed E-state index contributed by atoms with van der Waals surface area (Å²) in [4.78, 5) is 19.0. The highest BCUT2D eigenvalue weighted by molar-refractivity contribution is 5.76. The van der Waals surface area contributed by atoms with Gasteiger partial charge in [-0.05, 0) is 51.1 Å². The summed E-state index contributed by atoms with van der Waals surface area (Å²) in [5.41, 5.74) is 0. The van der Waals surface area contributed by atoms with Gasteiger partial charge in [-0.15, -0.1) is 0 Å². The maximum absolute atomic E-state index is 12.6. The molecule has 0 spiro atoms. The molecule has 1 aliphatic carbocycles. The molecule has 0 atom stereocenters. The Kier molecular flexibility index (Phi) is 4.58. The van der Waals surface area contributed by atoms with Crippen LogP contribution in [0.2, 0.25) is 0 Å². The molecule has 1 aliphatic heterocycles. The molecule has 116 valence electrons. The predicted molar refractivity (Wildman–Crippen MR) is 81.6 cm³/mol. The molecule has 5 heteroatoms. The van der Waals surface area contributed by atoms with Gasteiger partial charge in [0.2, 0.25) is 5.91 Å². The Bertz CT molecular complexity index is 474. The predicted octanol–water partition coefficient (Wildman–Crippen LogP) is 1.69. The summed E-state index contributed by atoms with van der Waals surface area (Å²) in [5, 5.41) is 3.38. The Morgan fingerprint density at radius 3 is 2.76 bits per heavy atom. The first kappa shape index (κ1) is 14.6. The van der Waals surface area contributed by atoms with E-state index in [1.54, 1.807) is 6.20 Å². The maximum Gasteiger partial charge on any atom is 0.223 e. The van der Waals surface area contributed by atoms with Crippen LogP contribution in [0.25, 0.3) is 0 Å². The third kappa shape index (κ3) is 3.84. The lowest BCUT2D eigenvalue weighted by Crippen LogP contribution is -2.34. The second-order valence-electron chi connectivity index (χ2n) is 6.44. The molecule has 0 aromatic carbocycles. The van der Waals surface area contributed by atoms with Crippen molar-refractivity contribution in [2.75, 3.05) is 13.1 Å². The van der Waals surface area contributed by atoms with Gasteiger partial charge in [0.15, 0.2) is 0 Å². The minimum absolute atomic E-state index is 0.319. The fourth-order valence-corrected chi connectivity index (χ4v) is 3.15. The van der Waals surface area contributed by atoms with E-state index >= 15 is 0 Å². The summed E-state index contributed by atoms with van der Waals surface area (Å²) in [6, 6.07) is 0.460. The summed E-state index contributed by atoms with van der Waals surface area (Å²) < 4.78 is 2.01. The fourth-order valence-electron chi connectivity index (χ4n) is 3.15. The fraction of sp³-hybridized carbons (Fsp3) is 0.750. The van der Waals surface area contributed by atoms with E-state index in [0.717, 1.165) is 44.1 Å². The number of amides is 1. The van der Waals surface area contributed by atoms with Gasteiger partial charge in [0.05, 0.1) is 6.54 Å². The average Bonchev–Trinajstić information content (AvgIpc) is 3.27. The van der Waals surface area contributed by atoms with Crippen LogP contribution >= 0.6 is 0 Å². The number of aromatic nitrogens is 2. The van der Waals surface area contributed by atoms with Crippen LogP contribution in [0.1, 0.15) is 44.3 Å². The van der Waals surface area contributed by atoms with Crippen LogP contribution in [0.15, 0.2) is 12.4 Å². The second kappa shape index (κ2) is 6.60. The van der Waals surface area contributed by atoms with Crippen molar-refractivity contribution in [2.45, 2.75) is 51.1 Å². The molecule has 2 aliphatic rings. The van der Waals surface area contributed by atoms with Gasteiger partial charge < -0.3 is 14.8 Å². The Balaban J connectivity index is 1.53. The van der Waals surface area contributed by atoms with Crippen LogP contribution in [0.3, 0.4) is 0 Å². The number of carbonyl (C=O) groups is 1. The van der Waals surface area contributed by atoms with Crippen molar-refractivity contribution in [1.82, 2.24) is 19.8 Å². The molecule has 2 fully saturated rings. The number of imidazole rings is 1. The van der Waals surface area contributed by atoms with E-state index in [-0.39, 0.29) is 0 Å². The molecule has 1 aromatic rings. The molecule has 0 unspecified atom stereocenters. The van der Waals surface area contributed by atoms with Gasteiger partial charge in [-0.3, -0.25) is 4.79 Å². The van der Waals surface area contributed by atoms with E-state index in [1.807, 2.05) is 17.8 Å². The van der Waals surface area contributed by atoms with E-state index in [9.17, 15) is 4.79 Å². The van der Waals surface area contributed by atoms with Crippen molar-refractivity contribution in [1.29, 1.82) is 0 Å². The van der Waals surface area contributed by atoms with Crippen molar-refractivity contribution in [3.8, 4) is 0 Å². The molecule has 3 rings (SSSR count). The number of piperidine rings is 1. The molecular weight excluding hydrogens is 264 g/mol. The third-order valence-electron chi connectivity index (χ3n) is 4.77. The smallest absolute Gasteiger partial charge is 0.223 e. The number of aryl methyl sites for hydroxylation is 1. The maximum atomic E-state index is 12.6. The molecule has 2 heterocycles. The SMILES string of the molecule is Cn1ccnc1CN(C(=O)CCC1CCNCC1)C1CC1. The molecule has 0 radical (unpaired) electrons. The molecule has 21 heavy (non-hydrogen) atoms. The van der Waals surface area contributed by atoms with E-state index in [4.69, 9.17) is 0 Å². The molecule has 1 aromatic heterocycles. The lowest BCUT2D eigenvalue weighted by molar-refractivity contribution is -0.132. The van der Waals surface area contributed by atoms with E-state index in [0.29, 0.717) is 24.9 Å². The minimum Gasteiger partial charge on any atom is -0.337 e. The van der Waals surface area contributed by atoms with E-state index < -0.39 is 0 Å². The van der Waals surface area contributed by atoms with Crippen LogP contribution in [0.4, 0.5) is 0 Å². The Morgan fingerprint density at radius 1 is 1.38 bits per heavy atom. The summed E-state index contributed by atoms with van der Waals surface area (Å²) in [6.45, 7) is 2.89. The minimum atomic E-state index is 0.319. The normalized spacial score (nSPS) is 19.7. The first-order chi connectivity index (χ1) is 10.2. The van der Waals surface area contributed by atoms with Crippen LogP contribution in [-0.2, 0) is 18.4 Å². The molecule has 1 amide bonds. The van der Waals surface area contributed by atoms with Crippen LogP contribution in [0, 0.1) is 5.92 Å². The molecule has 1 saturated heterocycles. The summed E-state index contributed by atoms with van der Waals surface area (Å²) in [6.07, 6.45) is 10.2. The molecule has 1 saturated carbocycles. The Morgan fingerprint density at radius 2 is 2.14 bits per heavy atom. The number of carbonyl (C=O) groups excluding carboxylic acids is 1. The number of nitrogens with zero attached hydrogens (tertiary/aromatic N) is 3. The van der Waals surface area contributed by atoms with Gasteiger partial charge in [0.1, 0.15) is 5.82 Å². The lowest BCUT2D eigenvalue weighted by Gasteiger charge is -2.25. The quantitative estimate of drug-likeness (QED) is 0.867. The van der Waals surface area contributed by atoms with E-state index in [1.165, 1.54) is 12.8 Å². The van der Waals surface area contributed by atoms with Gasteiger partial charge in [-0.1, -0.05) is 0 Å². The van der Waals surface area contributed by atoms with Gasteiger partial charge in [0, 0.05) is 31.9 Å². The second-order valence-corrected chi connectivity index (χ2v) is 6.44. The molecular formula is C16H26N4O. The van der Waals surface area contributed by atoms with Gasteiger partial charge >= 0.3 is 0 Å². The van der Waals surface area contributed by atoms with Crippen molar-refractivity contribution in [2.24, 2.45) is 13.0 Å². The standard InChI is InChI=1S/C16H26N4O/c1-19-11-10-18-15(19)12-20(14-3-4-14)16(21)5-2-13-6-8-17-9-7-13/h10-11,13-14,17H,2-9,12H2,1H3. The van der Waals surface area contributed by atoms with Crippen molar-refractivity contribution < 1.29 is 4.79 Å². The highest BCUT2D eigenvalue weighted by atomic mass is 16.2. The van der Waals surface area contributed by atoms with E-state index in [2.05, 4.69) is 15.2 Å². The Labute approximate surface area is 126 Å². The van der Waals surface area contributed by atoms with Crippen LogP contribution in [0.5, 0.6) is 0 Å². The van der Waals surface area contributed by atoms with Crippen LogP contribution < -0.4 is 5.32 Å². The van der Waals surface area contributed by atoms with Crippen molar-refractivity contribution >= 4 is 5.91 Å². The van der Waals surface area contributed by atoms with Crippen molar-refractivity contribution in [3.63, 3.8) is 0 Å². The first-order valence-electron chi connectivity index (χ1n) is 8.20. The zero-order valence-corrected chi connectivity index (χ0v) is 12.9. The number of hydrogen-bond acceptors (Lipinski definition) is 3. The highest BCUT2D eigenvalue weighted by Crippen LogP contribution is 2.29. The zero-order chi connectivity index (χ0) is 14.7. The Hall–Kier alpha value is -1.36. The number of nitrogens with one attached hydrogen (secondary N) is 1. The van der Waals surface area contributed by atoms with Gasteiger partial charge in [0.25, 0.3) is 0 Å². The number of rotatable bonds is 6. The summed E-state index contributed by atoms with van der Waals surface area (Å²) >= 11 is 0.